The van der Waals surface area contributed by atoms with Crippen molar-refractivity contribution in [2.75, 3.05) is 23.4 Å². The van der Waals surface area contributed by atoms with Gasteiger partial charge in [0.1, 0.15) is 13.2 Å². The summed E-state index contributed by atoms with van der Waals surface area (Å²) in [5.74, 6) is 0.306. The summed E-state index contributed by atoms with van der Waals surface area (Å²) in [7, 11) is 0. The molecule has 2 aromatic rings. The first kappa shape index (κ1) is 19.4. The van der Waals surface area contributed by atoms with E-state index >= 15 is 0 Å². The molecule has 1 fully saturated rings. The Labute approximate surface area is 179 Å². The van der Waals surface area contributed by atoms with Crippen LogP contribution in [0.1, 0.15) is 37.0 Å². The number of rotatable bonds is 3. The van der Waals surface area contributed by atoms with Crippen molar-refractivity contribution in [3.05, 3.63) is 48.0 Å². The molecule has 1 N–H and O–H groups in total. The number of hydrogen-bond donors (Lipinski definition) is 1. The molecular formula is C23H23N3O5. The number of nitrogens with one attached hydrogen (secondary N) is 1. The van der Waals surface area contributed by atoms with Gasteiger partial charge < -0.3 is 19.7 Å². The summed E-state index contributed by atoms with van der Waals surface area (Å²) in [6.45, 7) is 4.62. The van der Waals surface area contributed by atoms with Crippen LogP contribution in [0.4, 0.5) is 11.4 Å². The molecule has 0 bridgehead atoms. The number of fused-ring (bicyclic) bond motifs is 4. The Bertz CT molecular complexity index is 1100. The highest BCUT2D eigenvalue weighted by molar-refractivity contribution is 6.18. The maximum Gasteiger partial charge on any atom is 0.271 e. The average Bonchev–Trinajstić information content (AvgIpc) is 3.12. The van der Waals surface area contributed by atoms with Gasteiger partial charge in [0.15, 0.2) is 11.5 Å². The quantitative estimate of drug-likeness (QED) is 0.823. The van der Waals surface area contributed by atoms with E-state index in [1.165, 1.54) is 9.80 Å². The summed E-state index contributed by atoms with van der Waals surface area (Å²) < 4.78 is 11.2. The summed E-state index contributed by atoms with van der Waals surface area (Å²) in [5, 5.41) is 2.92. The normalized spacial score (nSPS) is 21.8. The Morgan fingerprint density at radius 2 is 1.81 bits per heavy atom. The molecule has 0 spiro atoms. The third kappa shape index (κ3) is 2.78. The molecule has 1 saturated heterocycles. The first-order chi connectivity index (χ1) is 14.9. The van der Waals surface area contributed by atoms with Crippen molar-refractivity contribution >= 4 is 29.1 Å². The Morgan fingerprint density at radius 1 is 1.06 bits per heavy atom. The predicted octanol–water partition coefficient (Wildman–Crippen LogP) is 2.78. The van der Waals surface area contributed by atoms with Gasteiger partial charge in [0.05, 0.1) is 11.3 Å². The summed E-state index contributed by atoms with van der Waals surface area (Å²) >= 11 is 0. The van der Waals surface area contributed by atoms with Gasteiger partial charge in [-0.1, -0.05) is 12.1 Å². The van der Waals surface area contributed by atoms with Crippen LogP contribution >= 0.6 is 0 Å². The lowest BCUT2D eigenvalue weighted by Crippen LogP contribution is -2.70. The lowest BCUT2D eigenvalue weighted by Gasteiger charge is -2.50. The Kier molecular flexibility index (Phi) is 4.39. The van der Waals surface area contributed by atoms with Gasteiger partial charge in [-0.05, 0) is 38.1 Å². The minimum absolute atomic E-state index is 0.178. The van der Waals surface area contributed by atoms with Gasteiger partial charge in [0.2, 0.25) is 11.6 Å². The van der Waals surface area contributed by atoms with Gasteiger partial charge >= 0.3 is 0 Å². The third-order valence-corrected chi connectivity index (χ3v) is 5.98. The first-order valence-corrected chi connectivity index (χ1v) is 10.4. The van der Waals surface area contributed by atoms with E-state index in [9.17, 15) is 14.4 Å². The average molecular weight is 421 g/mol. The van der Waals surface area contributed by atoms with E-state index < -0.39 is 11.6 Å². The maximum atomic E-state index is 13.8. The molecule has 0 saturated carbocycles. The highest BCUT2D eigenvalue weighted by Gasteiger charge is 2.61. The van der Waals surface area contributed by atoms with Crippen LogP contribution in [0.2, 0.25) is 0 Å². The van der Waals surface area contributed by atoms with Crippen molar-refractivity contribution < 1.29 is 23.9 Å². The minimum Gasteiger partial charge on any atom is -0.486 e. The number of ether oxygens (including phenoxy) is 2. The summed E-state index contributed by atoms with van der Waals surface area (Å²) in [5.41, 5.74) is -0.0133. The largest absolute Gasteiger partial charge is 0.486 e. The van der Waals surface area contributed by atoms with Gasteiger partial charge in [-0.15, -0.1) is 0 Å². The van der Waals surface area contributed by atoms with Crippen LogP contribution in [0.25, 0.3) is 0 Å². The molecule has 0 aromatic heterocycles. The molecule has 0 radical (unpaired) electrons. The zero-order chi connectivity index (χ0) is 21.8. The van der Waals surface area contributed by atoms with Crippen LogP contribution in [0, 0.1) is 0 Å². The molecule has 31 heavy (non-hydrogen) atoms. The fourth-order valence-electron chi connectivity index (χ4n) is 4.76. The van der Waals surface area contributed by atoms with Crippen molar-refractivity contribution in [3.8, 4) is 11.5 Å². The molecule has 3 amide bonds. The molecular weight excluding hydrogens is 398 g/mol. The van der Waals surface area contributed by atoms with E-state index in [0.717, 1.165) is 0 Å². The van der Waals surface area contributed by atoms with Crippen LogP contribution in [-0.2, 0) is 9.59 Å². The molecule has 0 aliphatic carbocycles. The van der Waals surface area contributed by atoms with Crippen LogP contribution in [0.3, 0.4) is 0 Å². The Hall–Kier alpha value is -3.55. The zero-order valence-electron chi connectivity index (χ0n) is 17.4. The van der Waals surface area contributed by atoms with Gasteiger partial charge in [0.25, 0.3) is 11.8 Å². The highest BCUT2D eigenvalue weighted by atomic mass is 16.6. The van der Waals surface area contributed by atoms with Gasteiger partial charge in [-0.2, -0.15) is 0 Å². The summed E-state index contributed by atoms with van der Waals surface area (Å²) in [6.07, 6.45) is 0.403. The van der Waals surface area contributed by atoms with Gasteiger partial charge in [0, 0.05) is 30.6 Å². The lowest BCUT2D eigenvalue weighted by molar-refractivity contribution is -0.129. The smallest absolute Gasteiger partial charge is 0.271 e. The minimum atomic E-state index is -1.43. The topological polar surface area (TPSA) is 88.2 Å². The number of hydrogen-bond acceptors (Lipinski definition) is 5. The molecule has 5 rings (SSSR count). The van der Waals surface area contributed by atoms with Crippen LogP contribution in [-0.4, -0.2) is 47.5 Å². The van der Waals surface area contributed by atoms with Crippen LogP contribution in [0.5, 0.6) is 11.5 Å². The van der Waals surface area contributed by atoms with E-state index in [-0.39, 0.29) is 30.7 Å². The van der Waals surface area contributed by atoms with E-state index in [4.69, 9.17) is 9.47 Å². The SMILES string of the molecule is CC(C)N1C(=O)c2ccccc2N2C(=O)CC[C@@]21C(=O)Nc1ccc2c(c1)OCCO2. The van der Waals surface area contributed by atoms with E-state index in [0.29, 0.717) is 41.7 Å². The fourth-order valence-corrected chi connectivity index (χ4v) is 4.76. The number of carbonyl (C=O) groups excluding carboxylic acids is 3. The van der Waals surface area contributed by atoms with Crippen LogP contribution in [0.15, 0.2) is 42.5 Å². The molecule has 1 atom stereocenters. The van der Waals surface area contributed by atoms with E-state index in [2.05, 4.69) is 5.32 Å². The molecule has 3 heterocycles. The number of anilines is 2. The van der Waals surface area contributed by atoms with Crippen molar-refractivity contribution in [1.82, 2.24) is 4.90 Å². The number of benzene rings is 2. The first-order valence-electron chi connectivity index (χ1n) is 10.4. The second kappa shape index (κ2) is 7.01. The van der Waals surface area contributed by atoms with Crippen molar-refractivity contribution in [3.63, 3.8) is 0 Å². The fraction of sp³-hybridized carbons (Fsp3) is 0.348. The molecule has 160 valence electrons. The van der Waals surface area contributed by atoms with Gasteiger partial charge in [-0.3, -0.25) is 19.3 Å². The maximum absolute atomic E-state index is 13.8. The third-order valence-electron chi connectivity index (χ3n) is 5.98. The standard InChI is InChI=1S/C23H23N3O5/c1-14(2)25-21(28)16-5-3-4-6-17(16)26-20(27)9-10-23(25,26)22(29)24-15-7-8-18-19(13-15)31-12-11-30-18/h3-8,13-14H,9-12H2,1-2H3,(H,24,29)/t23-/m0/s1. The summed E-state index contributed by atoms with van der Waals surface area (Å²) in [6, 6.07) is 11.8. The predicted molar refractivity (Wildman–Crippen MR) is 113 cm³/mol. The summed E-state index contributed by atoms with van der Waals surface area (Å²) in [4.78, 5) is 43.2. The molecule has 2 aromatic carbocycles. The molecule has 8 heteroatoms. The lowest BCUT2D eigenvalue weighted by atomic mass is 9.94. The molecule has 3 aliphatic heterocycles. The molecule has 8 nitrogen and oxygen atoms in total. The van der Waals surface area contributed by atoms with Crippen LogP contribution < -0.4 is 19.7 Å². The van der Waals surface area contributed by atoms with E-state index in [1.807, 2.05) is 13.8 Å². The van der Waals surface area contributed by atoms with E-state index in [1.54, 1.807) is 42.5 Å². The highest BCUT2D eigenvalue weighted by Crippen LogP contribution is 2.46. The number of carbonyl (C=O) groups is 3. The second-order valence-electron chi connectivity index (χ2n) is 8.14. The van der Waals surface area contributed by atoms with Gasteiger partial charge in [-0.25, -0.2) is 0 Å². The number of para-hydroxylation sites is 1. The Balaban J connectivity index is 1.59. The van der Waals surface area contributed by atoms with Crippen molar-refractivity contribution in [2.45, 2.75) is 38.4 Å². The van der Waals surface area contributed by atoms with Crippen molar-refractivity contribution in [2.24, 2.45) is 0 Å². The monoisotopic (exact) mass is 421 g/mol. The number of nitrogens with zero attached hydrogens (tertiary/aromatic N) is 2. The Morgan fingerprint density at radius 3 is 2.58 bits per heavy atom. The molecule has 0 unspecified atom stereocenters. The number of amides is 3. The zero-order valence-corrected chi connectivity index (χ0v) is 17.4. The van der Waals surface area contributed by atoms with Crippen molar-refractivity contribution in [1.29, 1.82) is 0 Å². The second-order valence-corrected chi connectivity index (χ2v) is 8.14. The molecule has 3 aliphatic rings.